The Labute approximate surface area is 114 Å². The van der Waals surface area contributed by atoms with E-state index in [9.17, 15) is 9.90 Å². The highest BCUT2D eigenvalue weighted by Crippen LogP contribution is 2.44. The van der Waals surface area contributed by atoms with Gasteiger partial charge < -0.3 is 10.4 Å². The number of nitrogens with one attached hydrogen (secondary N) is 1. The third-order valence-corrected chi connectivity index (χ3v) is 4.53. The smallest absolute Gasteiger partial charge is 0.251 e. The number of aryl methyl sites for hydroxylation is 2. The number of benzene rings is 1. The highest BCUT2D eigenvalue weighted by atomic mass is 16.3. The summed E-state index contributed by atoms with van der Waals surface area (Å²) in [5.41, 5.74) is 3.47. The number of amides is 1. The van der Waals surface area contributed by atoms with Crippen molar-refractivity contribution in [2.24, 2.45) is 5.41 Å². The topological polar surface area (TPSA) is 49.3 Å². The second-order valence-electron chi connectivity index (χ2n) is 6.03. The zero-order chi connectivity index (χ0) is 13.3. The summed E-state index contributed by atoms with van der Waals surface area (Å²) < 4.78 is 0. The lowest BCUT2D eigenvalue weighted by molar-refractivity contribution is 0.0935. The van der Waals surface area contributed by atoms with Gasteiger partial charge in [-0.3, -0.25) is 4.79 Å². The molecule has 1 amide bonds. The van der Waals surface area contributed by atoms with Gasteiger partial charge in [-0.05, 0) is 61.8 Å². The molecule has 3 nitrogen and oxygen atoms in total. The van der Waals surface area contributed by atoms with Crippen molar-refractivity contribution in [2.45, 2.75) is 38.5 Å². The summed E-state index contributed by atoms with van der Waals surface area (Å²) in [6.07, 6.45) is 6.77. The van der Waals surface area contributed by atoms with Gasteiger partial charge in [0.2, 0.25) is 0 Å². The van der Waals surface area contributed by atoms with Gasteiger partial charge in [-0.2, -0.15) is 0 Å². The minimum atomic E-state index is -0.0239. The van der Waals surface area contributed by atoms with Crippen molar-refractivity contribution in [1.29, 1.82) is 0 Å². The SMILES string of the molecule is O=C(NCC1(CO)CC1)c1ccc2c(c1)CCCC2. The second-order valence-corrected chi connectivity index (χ2v) is 6.03. The molecule has 0 aromatic heterocycles. The molecule has 0 radical (unpaired) electrons. The lowest BCUT2D eigenvalue weighted by Gasteiger charge is -2.17. The molecule has 1 aromatic carbocycles. The van der Waals surface area contributed by atoms with Crippen LogP contribution in [0.4, 0.5) is 0 Å². The molecule has 1 fully saturated rings. The Balaban J connectivity index is 1.66. The molecule has 102 valence electrons. The molecule has 19 heavy (non-hydrogen) atoms. The molecule has 0 heterocycles. The van der Waals surface area contributed by atoms with Crippen molar-refractivity contribution in [2.75, 3.05) is 13.2 Å². The maximum Gasteiger partial charge on any atom is 0.251 e. The molecular weight excluding hydrogens is 238 g/mol. The molecule has 0 bridgehead atoms. The first kappa shape index (κ1) is 12.7. The van der Waals surface area contributed by atoms with Gasteiger partial charge in [-0.25, -0.2) is 0 Å². The largest absolute Gasteiger partial charge is 0.396 e. The Kier molecular flexibility index (Phi) is 3.31. The van der Waals surface area contributed by atoms with Gasteiger partial charge in [0.25, 0.3) is 5.91 Å². The predicted octanol–water partition coefficient (Wildman–Crippen LogP) is 2.07. The fourth-order valence-corrected chi connectivity index (χ4v) is 2.81. The van der Waals surface area contributed by atoms with E-state index in [2.05, 4.69) is 11.4 Å². The Bertz CT molecular complexity index is 492. The fraction of sp³-hybridized carbons (Fsp3) is 0.562. The van der Waals surface area contributed by atoms with Crippen LogP contribution >= 0.6 is 0 Å². The van der Waals surface area contributed by atoms with Gasteiger partial charge in [-0.1, -0.05) is 6.07 Å². The maximum atomic E-state index is 12.1. The Hall–Kier alpha value is -1.35. The van der Waals surface area contributed by atoms with E-state index in [0.29, 0.717) is 6.54 Å². The lowest BCUT2D eigenvalue weighted by atomic mass is 9.90. The molecule has 3 heteroatoms. The molecule has 0 spiro atoms. The van der Waals surface area contributed by atoms with E-state index in [0.717, 1.165) is 31.2 Å². The highest BCUT2D eigenvalue weighted by Gasteiger charge is 2.42. The van der Waals surface area contributed by atoms with E-state index >= 15 is 0 Å². The van der Waals surface area contributed by atoms with Gasteiger partial charge in [0.15, 0.2) is 0 Å². The number of fused-ring (bicyclic) bond motifs is 1. The lowest BCUT2D eigenvalue weighted by Crippen LogP contribution is -2.32. The van der Waals surface area contributed by atoms with Gasteiger partial charge in [0.05, 0.1) is 6.61 Å². The van der Waals surface area contributed by atoms with Crippen molar-refractivity contribution in [3.63, 3.8) is 0 Å². The summed E-state index contributed by atoms with van der Waals surface area (Å²) in [6, 6.07) is 6.07. The summed E-state index contributed by atoms with van der Waals surface area (Å²) in [6.45, 7) is 0.775. The third kappa shape index (κ3) is 2.66. The number of carbonyl (C=O) groups excluding carboxylic acids is 1. The first-order valence-electron chi connectivity index (χ1n) is 7.23. The van der Waals surface area contributed by atoms with Crippen molar-refractivity contribution < 1.29 is 9.90 Å². The van der Waals surface area contributed by atoms with Crippen LogP contribution in [0.1, 0.15) is 47.2 Å². The fourth-order valence-electron chi connectivity index (χ4n) is 2.81. The molecule has 2 aliphatic carbocycles. The third-order valence-electron chi connectivity index (χ3n) is 4.53. The summed E-state index contributed by atoms with van der Waals surface area (Å²) in [7, 11) is 0. The van der Waals surface area contributed by atoms with E-state index in [1.165, 1.54) is 24.0 Å². The van der Waals surface area contributed by atoms with E-state index in [1.54, 1.807) is 0 Å². The van der Waals surface area contributed by atoms with Crippen molar-refractivity contribution in [3.05, 3.63) is 34.9 Å². The summed E-state index contributed by atoms with van der Waals surface area (Å²) in [4.78, 5) is 12.1. The zero-order valence-electron chi connectivity index (χ0n) is 11.2. The van der Waals surface area contributed by atoms with E-state index < -0.39 is 0 Å². The van der Waals surface area contributed by atoms with Crippen LogP contribution in [0.15, 0.2) is 18.2 Å². The average Bonchev–Trinajstić information content (AvgIpc) is 3.25. The highest BCUT2D eigenvalue weighted by molar-refractivity contribution is 5.94. The molecular formula is C16H21NO2. The number of hydrogen-bond acceptors (Lipinski definition) is 2. The van der Waals surface area contributed by atoms with Crippen LogP contribution in [-0.2, 0) is 12.8 Å². The van der Waals surface area contributed by atoms with Crippen LogP contribution < -0.4 is 5.32 Å². The van der Waals surface area contributed by atoms with Crippen LogP contribution in [0, 0.1) is 5.41 Å². The molecule has 2 N–H and O–H groups in total. The van der Waals surface area contributed by atoms with E-state index in [4.69, 9.17) is 0 Å². The van der Waals surface area contributed by atoms with Gasteiger partial charge in [0, 0.05) is 17.5 Å². The first-order valence-corrected chi connectivity index (χ1v) is 7.23. The molecule has 0 aliphatic heterocycles. The van der Waals surface area contributed by atoms with Crippen molar-refractivity contribution >= 4 is 5.91 Å². The van der Waals surface area contributed by atoms with Crippen LogP contribution in [0.2, 0.25) is 0 Å². The normalized spacial score (nSPS) is 19.6. The van der Waals surface area contributed by atoms with Gasteiger partial charge in [0.1, 0.15) is 0 Å². The molecule has 0 unspecified atom stereocenters. The summed E-state index contributed by atoms with van der Waals surface area (Å²) >= 11 is 0. The molecule has 0 saturated heterocycles. The van der Waals surface area contributed by atoms with Crippen LogP contribution in [0.25, 0.3) is 0 Å². The van der Waals surface area contributed by atoms with Crippen molar-refractivity contribution in [3.8, 4) is 0 Å². The quantitative estimate of drug-likeness (QED) is 0.869. The van der Waals surface area contributed by atoms with Crippen molar-refractivity contribution in [1.82, 2.24) is 5.32 Å². The Morgan fingerprint density at radius 3 is 2.63 bits per heavy atom. The second kappa shape index (κ2) is 4.97. The van der Waals surface area contributed by atoms with Crippen LogP contribution in [-0.4, -0.2) is 24.2 Å². The van der Waals surface area contributed by atoms with Crippen LogP contribution in [0.3, 0.4) is 0 Å². The predicted molar refractivity (Wildman–Crippen MR) is 74.2 cm³/mol. The van der Waals surface area contributed by atoms with Gasteiger partial charge >= 0.3 is 0 Å². The molecule has 1 saturated carbocycles. The Morgan fingerprint density at radius 2 is 1.95 bits per heavy atom. The number of aliphatic hydroxyl groups excluding tert-OH is 1. The van der Waals surface area contributed by atoms with Gasteiger partial charge in [-0.15, -0.1) is 0 Å². The standard InChI is InChI=1S/C16H21NO2/c18-11-16(7-8-16)10-17-15(19)14-6-5-12-3-1-2-4-13(12)9-14/h5-6,9,18H,1-4,7-8,10-11H2,(H,17,19). The number of hydrogen-bond donors (Lipinski definition) is 2. The van der Waals surface area contributed by atoms with Crippen LogP contribution in [0.5, 0.6) is 0 Å². The number of rotatable bonds is 4. The molecule has 0 atom stereocenters. The summed E-state index contributed by atoms with van der Waals surface area (Å²) in [5, 5.41) is 12.2. The first-order chi connectivity index (χ1) is 9.22. The number of carbonyl (C=O) groups is 1. The maximum absolute atomic E-state index is 12.1. The van der Waals surface area contributed by atoms with E-state index in [1.807, 2.05) is 12.1 Å². The van der Waals surface area contributed by atoms with E-state index in [-0.39, 0.29) is 17.9 Å². The minimum Gasteiger partial charge on any atom is -0.396 e. The average molecular weight is 259 g/mol. The monoisotopic (exact) mass is 259 g/mol. The minimum absolute atomic E-state index is 0.00639. The number of aliphatic hydroxyl groups is 1. The molecule has 1 aromatic rings. The zero-order valence-corrected chi connectivity index (χ0v) is 11.2. The Morgan fingerprint density at radius 1 is 1.21 bits per heavy atom. The molecule has 3 rings (SSSR count). The summed E-state index contributed by atoms with van der Waals surface area (Å²) in [5.74, 6) is -0.00639. The molecule has 2 aliphatic rings.